The average molecular weight is 505 g/mol. The number of amides is 1. The lowest BCUT2D eigenvalue weighted by atomic mass is 10.2. The third-order valence-electron chi connectivity index (χ3n) is 3.23. The molecule has 0 spiro atoms. The number of aromatic nitrogens is 3. The largest absolute Gasteiger partial charge is 0.461 e. The van der Waals surface area contributed by atoms with Crippen molar-refractivity contribution in [2.75, 3.05) is 20.1 Å². The second-order valence-electron chi connectivity index (χ2n) is 6.72. The number of carbonyl (C=O) groups excluding carboxylic acids is 1. The number of guanidine groups is 1. The van der Waals surface area contributed by atoms with Crippen LogP contribution in [0.3, 0.4) is 0 Å². The Bertz CT molecular complexity index is 738. The van der Waals surface area contributed by atoms with Crippen molar-refractivity contribution in [3.63, 3.8) is 0 Å². The average Bonchev–Trinajstić information content (AvgIpc) is 3.26. The van der Waals surface area contributed by atoms with Crippen LogP contribution in [0.2, 0.25) is 0 Å². The van der Waals surface area contributed by atoms with Crippen molar-refractivity contribution in [1.29, 1.82) is 0 Å². The summed E-state index contributed by atoms with van der Waals surface area (Å²) in [6, 6.07) is 3.58. The number of rotatable bonds is 7. The Hall–Kier alpha value is -2.31. The Balaban J connectivity index is 0.00000392. The minimum Gasteiger partial charge on any atom is -0.461 e. The Morgan fingerprint density at radius 2 is 2.04 bits per heavy atom. The Morgan fingerprint density at radius 3 is 2.68 bits per heavy atom. The molecule has 10 nitrogen and oxygen atoms in total. The van der Waals surface area contributed by atoms with E-state index in [1.807, 2.05) is 20.8 Å². The standard InChI is InChI=1S/C17H27N7O3.HI/c1-17(2,3)27-16(25)20-9-6-8-19-15(18-4)21-11-13-22-14(24-23-13)12-7-5-10-26-12;/h5,7,10H,6,8-9,11H2,1-4H3,(H,20,25)(H2,18,19,21)(H,22,23,24);1H. The first-order valence-electron chi connectivity index (χ1n) is 8.74. The molecule has 0 fully saturated rings. The quantitative estimate of drug-likeness (QED) is 0.197. The molecule has 2 rings (SSSR count). The number of alkyl carbamates (subject to hydrolysis) is 1. The van der Waals surface area contributed by atoms with Crippen molar-refractivity contribution in [3.05, 3.63) is 24.2 Å². The number of nitrogens with one attached hydrogen (secondary N) is 4. The zero-order valence-electron chi connectivity index (χ0n) is 16.5. The number of nitrogens with zero attached hydrogens (tertiary/aromatic N) is 3. The minimum atomic E-state index is -0.494. The number of aromatic amines is 1. The first-order chi connectivity index (χ1) is 12.9. The van der Waals surface area contributed by atoms with E-state index in [4.69, 9.17) is 9.15 Å². The van der Waals surface area contributed by atoms with Crippen LogP contribution in [-0.2, 0) is 11.3 Å². The smallest absolute Gasteiger partial charge is 0.407 e. The molecule has 0 unspecified atom stereocenters. The molecule has 0 aromatic carbocycles. The molecule has 0 saturated carbocycles. The summed E-state index contributed by atoms with van der Waals surface area (Å²) in [5, 5.41) is 16.0. The molecule has 0 bridgehead atoms. The van der Waals surface area contributed by atoms with Crippen LogP contribution < -0.4 is 16.0 Å². The van der Waals surface area contributed by atoms with Gasteiger partial charge in [-0.2, -0.15) is 0 Å². The molecular weight excluding hydrogens is 477 g/mol. The fourth-order valence-corrected chi connectivity index (χ4v) is 2.08. The van der Waals surface area contributed by atoms with E-state index >= 15 is 0 Å². The highest BCUT2D eigenvalue weighted by Gasteiger charge is 2.15. The summed E-state index contributed by atoms with van der Waals surface area (Å²) < 4.78 is 10.4. The van der Waals surface area contributed by atoms with Crippen molar-refractivity contribution in [2.24, 2.45) is 4.99 Å². The van der Waals surface area contributed by atoms with E-state index in [0.717, 1.165) is 6.42 Å². The molecule has 28 heavy (non-hydrogen) atoms. The van der Waals surface area contributed by atoms with E-state index in [1.165, 1.54) is 0 Å². The Kier molecular flexibility index (Phi) is 9.76. The number of H-pyrrole nitrogens is 1. The van der Waals surface area contributed by atoms with Gasteiger partial charge >= 0.3 is 6.09 Å². The predicted molar refractivity (Wildman–Crippen MR) is 117 cm³/mol. The lowest BCUT2D eigenvalue weighted by molar-refractivity contribution is 0.0527. The summed E-state index contributed by atoms with van der Waals surface area (Å²) in [7, 11) is 1.68. The van der Waals surface area contributed by atoms with Gasteiger partial charge in [0.1, 0.15) is 11.4 Å². The van der Waals surface area contributed by atoms with Crippen LogP contribution in [-0.4, -0.2) is 53.0 Å². The Labute approximate surface area is 181 Å². The lowest BCUT2D eigenvalue weighted by Gasteiger charge is -2.19. The van der Waals surface area contributed by atoms with Gasteiger partial charge in [-0.25, -0.2) is 9.78 Å². The van der Waals surface area contributed by atoms with Crippen LogP contribution in [0, 0.1) is 0 Å². The first kappa shape index (κ1) is 23.7. The highest BCUT2D eigenvalue weighted by atomic mass is 127. The maximum Gasteiger partial charge on any atom is 0.407 e. The zero-order chi connectivity index (χ0) is 19.7. The summed E-state index contributed by atoms with van der Waals surface area (Å²) >= 11 is 0. The van der Waals surface area contributed by atoms with Crippen LogP contribution in [0.15, 0.2) is 27.8 Å². The number of hydrogen-bond acceptors (Lipinski definition) is 6. The maximum absolute atomic E-state index is 11.5. The normalized spacial score (nSPS) is 11.5. The molecule has 0 aliphatic rings. The molecular formula is C17H28IN7O3. The van der Waals surface area contributed by atoms with Gasteiger partial charge in [-0.3, -0.25) is 10.1 Å². The number of halogens is 1. The molecule has 0 aliphatic heterocycles. The Morgan fingerprint density at radius 1 is 1.29 bits per heavy atom. The second kappa shape index (κ2) is 11.5. The fraction of sp³-hybridized carbons (Fsp3) is 0.529. The monoisotopic (exact) mass is 505 g/mol. The predicted octanol–water partition coefficient (Wildman–Crippen LogP) is 2.26. The van der Waals surface area contributed by atoms with Gasteiger partial charge in [0.25, 0.3) is 0 Å². The van der Waals surface area contributed by atoms with Crippen molar-refractivity contribution in [3.8, 4) is 11.6 Å². The number of carbonyl (C=O) groups is 1. The van der Waals surface area contributed by atoms with E-state index < -0.39 is 11.7 Å². The zero-order valence-corrected chi connectivity index (χ0v) is 18.9. The van der Waals surface area contributed by atoms with Crippen molar-refractivity contribution in [1.82, 2.24) is 31.1 Å². The topological polar surface area (TPSA) is 129 Å². The van der Waals surface area contributed by atoms with Crippen LogP contribution >= 0.6 is 24.0 Å². The van der Waals surface area contributed by atoms with Gasteiger partial charge < -0.3 is 25.1 Å². The molecule has 156 valence electrons. The maximum atomic E-state index is 11.5. The number of furan rings is 1. The summed E-state index contributed by atoms with van der Waals surface area (Å²) in [6.07, 6.45) is 1.89. The van der Waals surface area contributed by atoms with Crippen LogP contribution in [0.25, 0.3) is 11.6 Å². The van der Waals surface area contributed by atoms with E-state index in [0.29, 0.717) is 43.0 Å². The third-order valence-corrected chi connectivity index (χ3v) is 3.23. The molecule has 2 aromatic heterocycles. The molecule has 4 N–H and O–H groups in total. The molecule has 0 radical (unpaired) electrons. The lowest BCUT2D eigenvalue weighted by Crippen LogP contribution is -2.39. The van der Waals surface area contributed by atoms with Crippen molar-refractivity contribution >= 4 is 36.0 Å². The first-order valence-corrected chi connectivity index (χ1v) is 8.74. The number of hydrogen-bond donors (Lipinski definition) is 4. The molecule has 0 atom stereocenters. The van der Waals surface area contributed by atoms with E-state index in [1.54, 1.807) is 25.4 Å². The molecule has 1 amide bonds. The number of aliphatic imine (C=N–C) groups is 1. The van der Waals surface area contributed by atoms with Crippen LogP contribution in [0.4, 0.5) is 4.79 Å². The summed E-state index contributed by atoms with van der Waals surface area (Å²) in [4.78, 5) is 20.0. The van der Waals surface area contributed by atoms with Gasteiger partial charge in [-0.15, -0.1) is 29.1 Å². The fourth-order valence-electron chi connectivity index (χ4n) is 2.08. The molecule has 0 saturated heterocycles. The molecule has 11 heteroatoms. The molecule has 0 aliphatic carbocycles. The molecule has 2 heterocycles. The van der Waals surface area contributed by atoms with Gasteiger partial charge in [0.05, 0.1) is 12.8 Å². The van der Waals surface area contributed by atoms with E-state index in [9.17, 15) is 4.79 Å². The van der Waals surface area contributed by atoms with Gasteiger partial charge in [-0.05, 0) is 39.3 Å². The van der Waals surface area contributed by atoms with Crippen molar-refractivity contribution in [2.45, 2.75) is 39.3 Å². The number of ether oxygens (including phenoxy) is 1. The van der Waals surface area contributed by atoms with E-state index in [-0.39, 0.29) is 24.0 Å². The van der Waals surface area contributed by atoms with Crippen molar-refractivity contribution < 1.29 is 13.9 Å². The summed E-state index contributed by atoms with van der Waals surface area (Å²) in [5.41, 5.74) is -0.494. The highest BCUT2D eigenvalue weighted by molar-refractivity contribution is 14.0. The third kappa shape index (κ3) is 8.59. The van der Waals surface area contributed by atoms with Gasteiger partial charge in [0.2, 0.25) is 5.82 Å². The van der Waals surface area contributed by atoms with Gasteiger partial charge in [0.15, 0.2) is 11.7 Å². The SMILES string of the molecule is CN=C(NCCCNC(=O)OC(C)(C)C)NCc1nc(-c2ccco2)n[nH]1.I. The van der Waals surface area contributed by atoms with Gasteiger partial charge in [0, 0.05) is 20.1 Å². The molecule has 2 aromatic rings. The van der Waals surface area contributed by atoms with E-state index in [2.05, 4.69) is 36.1 Å². The van der Waals surface area contributed by atoms with Crippen LogP contribution in [0.5, 0.6) is 0 Å². The minimum absolute atomic E-state index is 0. The highest BCUT2D eigenvalue weighted by Crippen LogP contribution is 2.14. The summed E-state index contributed by atoms with van der Waals surface area (Å²) in [6.45, 7) is 7.07. The summed E-state index contributed by atoms with van der Waals surface area (Å²) in [5.74, 6) is 2.41. The van der Waals surface area contributed by atoms with Gasteiger partial charge in [-0.1, -0.05) is 0 Å². The van der Waals surface area contributed by atoms with Crippen LogP contribution in [0.1, 0.15) is 33.0 Å². The second-order valence-corrected chi connectivity index (χ2v) is 6.72.